The van der Waals surface area contributed by atoms with Gasteiger partial charge in [-0.1, -0.05) is 0 Å². The molecule has 0 radical (unpaired) electrons. The average Bonchev–Trinajstić information content (AvgIpc) is 1.69. The van der Waals surface area contributed by atoms with Gasteiger partial charge >= 0.3 is 0 Å². The molecule has 1 heterocycles. The molecule has 0 bridgehead atoms. The summed E-state index contributed by atoms with van der Waals surface area (Å²) in [5.41, 5.74) is 0. The minimum atomic E-state index is 0. The predicted molar refractivity (Wildman–Crippen MR) is 30.6 cm³/mol. The summed E-state index contributed by atoms with van der Waals surface area (Å²) >= 11 is 0. The molecule has 0 aromatic rings. The van der Waals surface area contributed by atoms with E-state index in [0.717, 1.165) is 26.2 Å². The zero-order chi connectivity index (χ0) is 5.11. The van der Waals surface area contributed by atoms with Crippen molar-refractivity contribution in [3.63, 3.8) is 0 Å². The molecule has 0 aromatic heterocycles. The molecule has 0 amide bonds. The van der Waals surface area contributed by atoms with Crippen LogP contribution in [0.3, 0.4) is 0 Å². The Morgan fingerprint density at radius 1 is 1.25 bits per heavy atom. The second-order valence-electron chi connectivity index (χ2n) is 1.97. The van der Waals surface area contributed by atoms with Gasteiger partial charge in [-0.3, -0.25) is 0 Å². The van der Waals surface area contributed by atoms with Crippen LogP contribution in [-0.2, 0) is 21.1 Å². The fourth-order valence-electron chi connectivity index (χ4n) is 0.706. The summed E-state index contributed by atoms with van der Waals surface area (Å²) < 4.78 is 0. The van der Waals surface area contributed by atoms with Crippen molar-refractivity contribution >= 4 is 0 Å². The first-order valence-corrected chi connectivity index (χ1v) is 2.71. The van der Waals surface area contributed by atoms with Crippen molar-refractivity contribution in [2.45, 2.75) is 0 Å². The molecule has 0 spiro atoms. The molecule has 0 N–H and O–H groups in total. The van der Waals surface area contributed by atoms with E-state index in [0.29, 0.717) is 0 Å². The topological polar surface area (TPSA) is 17.3 Å². The van der Waals surface area contributed by atoms with Gasteiger partial charge in [0.15, 0.2) is 0 Å². The molecule has 2 nitrogen and oxygen atoms in total. The van der Waals surface area contributed by atoms with E-state index in [2.05, 4.69) is 17.3 Å². The molecule has 0 unspecified atom stereocenters. The van der Waals surface area contributed by atoms with Gasteiger partial charge in [-0.25, -0.2) is 0 Å². The summed E-state index contributed by atoms with van der Waals surface area (Å²) in [6.07, 6.45) is 0. The van der Waals surface area contributed by atoms with Crippen LogP contribution in [0.25, 0.3) is 5.32 Å². The first-order chi connectivity index (χ1) is 3.39. The Hall–Kier alpha value is 0.608. The molecule has 1 fully saturated rings. The molecule has 48 valence electrons. The molecular formula is C5H11N2W-. The number of piperazine rings is 1. The summed E-state index contributed by atoms with van der Waals surface area (Å²) in [4.78, 5) is 2.30. The van der Waals surface area contributed by atoms with Crippen molar-refractivity contribution in [2.24, 2.45) is 0 Å². The molecular weight excluding hydrogens is 272 g/mol. The Kier molecular flexibility index (Phi) is 4.82. The average molecular weight is 283 g/mol. The Labute approximate surface area is 64.9 Å². The van der Waals surface area contributed by atoms with E-state index in [1.54, 1.807) is 0 Å². The summed E-state index contributed by atoms with van der Waals surface area (Å²) in [6.45, 7) is 4.38. The maximum Gasteiger partial charge on any atom is 0 e. The van der Waals surface area contributed by atoms with Crippen LogP contribution in [0.5, 0.6) is 0 Å². The number of rotatable bonds is 0. The third kappa shape index (κ3) is 2.80. The number of hydrogen-bond acceptors (Lipinski definition) is 1. The second-order valence-corrected chi connectivity index (χ2v) is 1.97. The van der Waals surface area contributed by atoms with E-state index in [4.69, 9.17) is 0 Å². The van der Waals surface area contributed by atoms with Crippen LogP contribution >= 0.6 is 0 Å². The van der Waals surface area contributed by atoms with Crippen molar-refractivity contribution in [3.8, 4) is 0 Å². The largest absolute Gasteiger partial charge is 0.660 e. The van der Waals surface area contributed by atoms with E-state index < -0.39 is 0 Å². The van der Waals surface area contributed by atoms with Crippen LogP contribution in [0.2, 0.25) is 0 Å². The van der Waals surface area contributed by atoms with Crippen molar-refractivity contribution < 1.29 is 21.1 Å². The smallest absolute Gasteiger partial charge is 0 e. The van der Waals surface area contributed by atoms with Gasteiger partial charge in [-0.15, -0.1) is 13.1 Å². The first-order valence-electron chi connectivity index (χ1n) is 2.71. The minimum Gasteiger partial charge on any atom is -0.660 e. The van der Waals surface area contributed by atoms with Gasteiger partial charge in [0.2, 0.25) is 0 Å². The summed E-state index contributed by atoms with van der Waals surface area (Å²) in [6, 6.07) is 0. The fourth-order valence-corrected chi connectivity index (χ4v) is 0.706. The molecule has 1 rings (SSSR count). The van der Waals surface area contributed by atoms with Gasteiger partial charge in [0.25, 0.3) is 0 Å². The molecule has 0 saturated carbocycles. The van der Waals surface area contributed by atoms with Gasteiger partial charge < -0.3 is 10.2 Å². The summed E-state index contributed by atoms with van der Waals surface area (Å²) in [5, 5.41) is 4.19. The Morgan fingerprint density at radius 3 is 2.00 bits per heavy atom. The Morgan fingerprint density at radius 2 is 1.75 bits per heavy atom. The van der Waals surface area contributed by atoms with Crippen LogP contribution in [0.1, 0.15) is 0 Å². The number of likely N-dealkylation sites (N-methyl/N-ethyl adjacent to an activating group) is 1. The zero-order valence-electron chi connectivity index (χ0n) is 5.13. The first kappa shape index (κ1) is 8.61. The van der Waals surface area contributed by atoms with Crippen molar-refractivity contribution in [3.05, 3.63) is 5.32 Å². The van der Waals surface area contributed by atoms with E-state index in [9.17, 15) is 0 Å². The van der Waals surface area contributed by atoms with Crippen LogP contribution in [0, 0.1) is 0 Å². The van der Waals surface area contributed by atoms with Gasteiger partial charge in [0.05, 0.1) is 0 Å². The van der Waals surface area contributed by atoms with Crippen LogP contribution in [0.15, 0.2) is 0 Å². The van der Waals surface area contributed by atoms with Gasteiger partial charge in [-0.2, -0.15) is 0 Å². The third-order valence-electron chi connectivity index (χ3n) is 1.28. The van der Waals surface area contributed by atoms with Crippen LogP contribution in [-0.4, -0.2) is 38.1 Å². The third-order valence-corrected chi connectivity index (χ3v) is 1.28. The van der Waals surface area contributed by atoms with E-state index in [1.165, 1.54) is 0 Å². The molecule has 0 atom stereocenters. The minimum absolute atomic E-state index is 0. The van der Waals surface area contributed by atoms with Gasteiger partial charge in [0, 0.05) is 21.1 Å². The molecule has 3 heteroatoms. The summed E-state index contributed by atoms with van der Waals surface area (Å²) in [5.74, 6) is 0. The Balaban J connectivity index is 0.000000490. The second kappa shape index (κ2) is 4.48. The predicted octanol–water partition coefficient (Wildman–Crippen LogP) is 0.303. The molecule has 0 aromatic carbocycles. The maximum absolute atomic E-state index is 4.19. The molecule has 1 aliphatic heterocycles. The van der Waals surface area contributed by atoms with Gasteiger partial charge in [0.1, 0.15) is 0 Å². The SMILES string of the molecule is CN1CC[N-]CC1.[W]. The van der Waals surface area contributed by atoms with Crippen molar-refractivity contribution in [1.82, 2.24) is 4.90 Å². The molecule has 0 aliphatic carbocycles. The summed E-state index contributed by atoms with van der Waals surface area (Å²) in [7, 11) is 2.13. The van der Waals surface area contributed by atoms with Crippen molar-refractivity contribution in [2.75, 3.05) is 33.2 Å². The maximum atomic E-state index is 4.19. The monoisotopic (exact) mass is 283 g/mol. The Bertz CT molecular complexity index is 52.4. The van der Waals surface area contributed by atoms with E-state index >= 15 is 0 Å². The quantitative estimate of drug-likeness (QED) is 0.625. The number of nitrogens with zero attached hydrogens (tertiary/aromatic N) is 2. The normalized spacial score (nSPS) is 22.1. The van der Waals surface area contributed by atoms with Gasteiger partial charge in [-0.05, 0) is 20.1 Å². The van der Waals surface area contributed by atoms with E-state index in [-0.39, 0.29) is 21.1 Å². The fraction of sp³-hybridized carbons (Fsp3) is 1.00. The van der Waals surface area contributed by atoms with Crippen LogP contribution in [0.4, 0.5) is 0 Å². The molecule has 8 heavy (non-hydrogen) atoms. The van der Waals surface area contributed by atoms with Crippen molar-refractivity contribution in [1.29, 1.82) is 0 Å². The molecule has 1 aliphatic rings. The molecule has 1 saturated heterocycles. The van der Waals surface area contributed by atoms with Crippen LogP contribution < -0.4 is 0 Å². The number of hydrogen-bond donors (Lipinski definition) is 0. The standard InChI is InChI=1S/C5H11N2.W/c1-7-4-2-6-3-5-7;/h2-5H2,1H3;/q-1;. The van der Waals surface area contributed by atoms with E-state index in [1.807, 2.05) is 0 Å². The zero-order valence-corrected chi connectivity index (χ0v) is 8.06.